The summed E-state index contributed by atoms with van der Waals surface area (Å²) in [5, 5.41) is 3.93. The van der Waals surface area contributed by atoms with Crippen LogP contribution >= 0.6 is 23.4 Å². The third-order valence-corrected chi connectivity index (χ3v) is 3.95. The highest BCUT2D eigenvalue weighted by Crippen LogP contribution is 2.29. The maximum absolute atomic E-state index is 6.17. The van der Waals surface area contributed by atoms with Crippen LogP contribution in [0.5, 0.6) is 0 Å². The van der Waals surface area contributed by atoms with Gasteiger partial charge in [-0.2, -0.15) is 11.8 Å². The van der Waals surface area contributed by atoms with Crippen LogP contribution in [0.2, 0.25) is 0 Å². The van der Waals surface area contributed by atoms with Crippen LogP contribution in [0.4, 0.5) is 0 Å². The first-order valence-corrected chi connectivity index (χ1v) is 7.01. The summed E-state index contributed by atoms with van der Waals surface area (Å²) in [7, 11) is 0. The molecule has 1 nitrogen and oxygen atoms in total. The lowest BCUT2D eigenvalue weighted by atomic mass is 10.1. The average molecular weight is 222 g/mol. The third kappa shape index (κ3) is 4.57. The molecule has 0 aromatic rings. The van der Waals surface area contributed by atoms with Gasteiger partial charge in [-0.25, -0.2) is 0 Å². The van der Waals surface area contributed by atoms with Gasteiger partial charge in [0.2, 0.25) is 0 Å². The number of halogens is 1. The van der Waals surface area contributed by atoms with Gasteiger partial charge < -0.3 is 5.32 Å². The predicted octanol–water partition coefficient (Wildman–Crippen LogP) is 2.74. The van der Waals surface area contributed by atoms with Gasteiger partial charge in [0.25, 0.3) is 0 Å². The SMILES string of the molecule is CSCCCNCC1CCCC1Cl. The van der Waals surface area contributed by atoms with Crippen LogP contribution in [0.3, 0.4) is 0 Å². The maximum Gasteiger partial charge on any atom is 0.0376 e. The standard InChI is InChI=1S/C10H20ClNS/c1-13-7-3-6-12-8-9-4-2-5-10(9)11/h9-10,12H,2-8H2,1H3. The summed E-state index contributed by atoms with van der Waals surface area (Å²) in [6.07, 6.45) is 7.31. The molecule has 0 saturated heterocycles. The molecule has 13 heavy (non-hydrogen) atoms. The van der Waals surface area contributed by atoms with E-state index in [9.17, 15) is 0 Å². The first-order valence-electron chi connectivity index (χ1n) is 5.18. The van der Waals surface area contributed by atoms with E-state index >= 15 is 0 Å². The Morgan fingerprint density at radius 2 is 2.31 bits per heavy atom. The number of hydrogen-bond acceptors (Lipinski definition) is 2. The first kappa shape index (κ1) is 11.7. The largest absolute Gasteiger partial charge is 0.316 e. The van der Waals surface area contributed by atoms with E-state index < -0.39 is 0 Å². The Morgan fingerprint density at radius 3 is 2.92 bits per heavy atom. The van der Waals surface area contributed by atoms with Crippen LogP contribution in [0, 0.1) is 5.92 Å². The second-order valence-electron chi connectivity index (χ2n) is 3.76. The number of nitrogens with one attached hydrogen (secondary N) is 1. The zero-order chi connectivity index (χ0) is 9.52. The summed E-state index contributed by atoms with van der Waals surface area (Å²) in [6, 6.07) is 0. The van der Waals surface area contributed by atoms with Crippen molar-refractivity contribution in [2.75, 3.05) is 25.1 Å². The molecule has 0 spiro atoms. The summed E-state index contributed by atoms with van der Waals surface area (Å²) in [5.74, 6) is 2.00. The van der Waals surface area contributed by atoms with Crippen molar-refractivity contribution in [3.05, 3.63) is 0 Å². The van der Waals surface area contributed by atoms with E-state index in [4.69, 9.17) is 11.6 Å². The highest BCUT2D eigenvalue weighted by Gasteiger charge is 2.24. The van der Waals surface area contributed by atoms with Crippen LogP contribution in [0.1, 0.15) is 25.7 Å². The van der Waals surface area contributed by atoms with Crippen LogP contribution in [-0.4, -0.2) is 30.5 Å². The van der Waals surface area contributed by atoms with Gasteiger partial charge in [-0.1, -0.05) is 6.42 Å². The van der Waals surface area contributed by atoms with Crippen molar-refractivity contribution in [1.29, 1.82) is 0 Å². The Labute approximate surface area is 91.0 Å². The molecular weight excluding hydrogens is 202 g/mol. The van der Waals surface area contributed by atoms with Gasteiger partial charge in [0.05, 0.1) is 0 Å². The molecule has 0 heterocycles. The van der Waals surface area contributed by atoms with Gasteiger partial charge in [-0.05, 0) is 50.3 Å². The molecule has 0 bridgehead atoms. The van der Waals surface area contributed by atoms with Gasteiger partial charge >= 0.3 is 0 Å². The molecule has 2 atom stereocenters. The quantitative estimate of drug-likeness (QED) is 0.547. The van der Waals surface area contributed by atoms with E-state index in [2.05, 4.69) is 11.6 Å². The fourth-order valence-corrected chi connectivity index (χ4v) is 2.65. The van der Waals surface area contributed by atoms with Gasteiger partial charge in [0, 0.05) is 5.38 Å². The lowest BCUT2D eigenvalue weighted by Gasteiger charge is -2.14. The molecule has 1 saturated carbocycles. The summed E-state index contributed by atoms with van der Waals surface area (Å²) in [4.78, 5) is 0. The average Bonchev–Trinajstić information content (AvgIpc) is 2.52. The van der Waals surface area contributed by atoms with E-state index in [1.54, 1.807) is 0 Å². The monoisotopic (exact) mass is 221 g/mol. The van der Waals surface area contributed by atoms with Gasteiger partial charge in [0.1, 0.15) is 0 Å². The van der Waals surface area contributed by atoms with Crippen LogP contribution in [-0.2, 0) is 0 Å². The molecule has 78 valence electrons. The molecule has 1 fully saturated rings. The molecule has 0 amide bonds. The summed E-state index contributed by atoms with van der Waals surface area (Å²) >= 11 is 8.09. The first-order chi connectivity index (χ1) is 6.34. The van der Waals surface area contributed by atoms with E-state index in [0.29, 0.717) is 5.38 Å². The minimum Gasteiger partial charge on any atom is -0.316 e. The van der Waals surface area contributed by atoms with Crippen molar-refractivity contribution >= 4 is 23.4 Å². The zero-order valence-electron chi connectivity index (χ0n) is 8.39. The van der Waals surface area contributed by atoms with E-state index in [1.807, 2.05) is 11.8 Å². The molecule has 2 unspecified atom stereocenters. The van der Waals surface area contributed by atoms with Crippen molar-refractivity contribution in [3.63, 3.8) is 0 Å². The van der Waals surface area contributed by atoms with Gasteiger partial charge in [-0.3, -0.25) is 0 Å². The second kappa shape index (κ2) is 6.97. The molecule has 0 aromatic heterocycles. The summed E-state index contributed by atoms with van der Waals surface area (Å²) in [6.45, 7) is 2.28. The Morgan fingerprint density at radius 1 is 1.46 bits per heavy atom. The topological polar surface area (TPSA) is 12.0 Å². The number of rotatable bonds is 6. The minimum absolute atomic E-state index is 0.438. The number of thioether (sulfide) groups is 1. The van der Waals surface area contributed by atoms with Crippen LogP contribution in [0.15, 0.2) is 0 Å². The van der Waals surface area contributed by atoms with Crippen molar-refractivity contribution in [2.24, 2.45) is 5.92 Å². The molecule has 3 heteroatoms. The lowest BCUT2D eigenvalue weighted by Crippen LogP contribution is -2.26. The Bertz CT molecular complexity index is 132. The fraction of sp³-hybridized carbons (Fsp3) is 1.00. The summed E-state index contributed by atoms with van der Waals surface area (Å²) < 4.78 is 0. The second-order valence-corrected chi connectivity index (χ2v) is 5.30. The predicted molar refractivity (Wildman–Crippen MR) is 62.9 cm³/mol. The molecule has 1 aliphatic rings. The lowest BCUT2D eigenvalue weighted by molar-refractivity contribution is 0.495. The van der Waals surface area contributed by atoms with Crippen LogP contribution in [0.25, 0.3) is 0 Å². The summed E-state index contributed by atoms with van der Waals surface area (Å²) in [5.41, 5.74) is 0. The number of alkyl halides is 1. The third-order valence-electron chi connectivity index (χ3n) is 2.67. The van der Waals surface area contributed by atoms with Crippen molar-refractivity contribution < 1.29 is 0 Å². The van der Waals surface area contributed by atoms with Gasteiger partial charge in [-0.15, -0.1) is 11.6 Å². The van der Waals surface area contributed by atoms with Crippen LogP contribution < -0.4 is 5.32 Å². The van der Waals surface area contributed by atoms with E-state index in [0.717, 1.165) is 19.0 Å². The fourth-order valence-electron chi connectivity index (χ4n) is 1.85. The highest BCUT2D eigenvalue weighted by molar-refractivity contribution is 7.98. The molecule has 0 aliphatic heterocycles. The molecular formula is C10H20ClNS. The molecule has 0 aromatic carbocycles. The van der Waals surface area contributed by atoms with Crippen molar-refractivity contribution in [2.45, 2.75) is 31.1 Å². The normalized spacial score (nSPS) is 28.2. The van der Waals surface area contributed by atoms with Crippen molar-refractivity contribution in [1.82, 2.24) is 5.32 Å². The molecule has 1 aliphatic carbocycles. The number of hydrogen-bond donors (Lipinski definition) is 1. The Kier molecular flexibility index (Phi) is 6.26. The zero-order valence-corrected chi connectivity index (χ0v) is 9.96. The highest BCUT2D eigenvalue weighted by atomic mass is 35.5. The van der Waals surface area contributed by atoms with E-state index in [-0.39, 0.29) is 0 Å². The smallest absolute Gasteiger partial charge is 0.0376 e. The molecule has 0 radical (unpaired) electrons. The minimum atomic E-state index is 0.438. The maximum atomic E-state index is 6.17. The van der Waals surface area contributed by atoms with Gasteiger partial charge in [0.15, 0.2) is 0 Å². The van der Waals surface area contributed by atoms with Crippen molar-refractivity contribution in [3.8, 4) is 0 Å². The Balaban J connectivity index is 1.93. The molecule has 1 N–H and O–H groups in total. The Hall–Kier alpha value is 0.600. The molecule has 1 rings (SSSR count). The van der Waals surface area contributed by atoms with E-state index in [1.165, 1.54) is 31.4 Å².